The Kier molecular flexibility index (Phi) is 8.67. The summed E-state index contributed by atoms with van der Waals surface area (Å²) in [5, 5.41) is 4.92. The molecule has 1 heterocycles. The Labute approximate surface area is 181 Å². The highest BCUT2D eigenvalue weighted by atomic mass is 19.4. The van der Waals surface area contributed by atoms with Crippen molar-refractivity contribution in [2.75, 3.05) is 6.54 Å². The summed E-state index contributed by atoms with van der Waals surface area (Å²) in [6, 6.07) is -3.60. The van der Waals surface area contributed by atoms with Crippen molar-refractivity contribution < 1.29 is 32.3 Å². The molecule has 0 saturated carbocycles. The van der Waals surface area contributed by atoms with Crippen LogP contribution in [0, 0.1) is 17.3 Å². The van der Waals surface area contributed by atoms with E-state index in [0.717, 1.165) is 0 Å². The summed E-state index contributed by atoms with van der Waals surface area (Å²) in [4.78, 5) is 51.3. The van der Waals surface area contributed by atoms with Gasteiger partial charge < -0.3 is 15.5 Å². The number of nitrogens with one attached hydrogen (secondary N) is 2. The van der Waals surface area contributed by atoms with Gasteiger partial charge in [-0.15, -0.1) is 0 Å². The lowest BCUT2D eigenvalue weighted by atomic mass is 9.93. The number of alkyl halides is 3. The number of carbonyl (C=O) groups excluding carboxylic acids is 4. The Bertz CT molecular complexity index is 699. The van der Waals surface area contributed by atoms with Crippen molar-refractivity contribution in [2.45, 2.75) is 85.6 Å². The Morgan fingerprint density at radius 1 is 0.903 bits per heavy atom. The van der Waals surface area contributed by atoms with Gasteiger partial charge in [-0.2, -0.15) is 13.2 Å². The van der Waals surface area contributed by atoms with Crippen molar-refractivity contribution in [2.24, 2.45) is 17.3 Å². The van der Waals surface area contributed by atoms with Gasteiger partial charge in [0.05, 0.1) is 6.04 Å². The van der Waals surface area contributed by atoms with Gasteiger partial charge in [0.15, 0.2) is 0 Å². The van der Waals surface area contributed by atoms with E-state index in [1.54, 1.807) is 34.6 Å². The fraction of sp³-hybridized carbons (Fsp3) is 0.810. The predicted octanol–water partition coefficient (Wildman–Crippen LogP) is 2.44. The molecule has 1 fully saturated rings. The molecular formula is C21H34F3N3O4. The summed E-state index contributed by atoms with van der Waals surface area (Å²) < 4.78 is 38.7. The Morgan fingerprint density at radius 3 is 1.84 bits per heavy atom. The van der Waals surface area contributed by atoms with E-state index in [1.165, 1.54) is 18.7 Å². The zero-order valence-electron chi connectivity index (χ0n) is 19.2. The topological polar surface area (TPSA) is 95.6 Å². The predicted molar refractivity (Wildman–Crippen MR) is 109 cm³/mol. The van der Waals surface area contributed by atoms with Gasteiger partial charge in [0.2, 0.25) is 17.7 Å². The molecule has 0 bridgehead atoms. The van der Waals surface area contributed by atoms with Crippen molar-refractivity contribution in [1.29, 1.82) is 0 Å². The van der Waals surface area contributed by atoms with E-state index in [4.69, 9.17) is 0 Å². The van der Waals surface area contributed by atoms with Crippen LogP contribution in [-0.2, 0) is 19.2 Å². The van der Waals surface area contributed by atoms with Crippen molar-refractivity contribution in [3.63, 3.8) is 0 Å². The van der Waals surface area contributed by atoms with Crippen LogP contribution in [0.5, 0.6) is 0 Å². The average Bonchev–Trinajstić information content (AvgIpc) is 3.10. The summed E-state index contributed by atoms with van der Waals surface area (Å²) in [7, 11) is 0. The van der Waals surface area contributed by atoms with Crippen LogP contribution in [0.2, 0.25) is 0 Å². The molecule has 0 aromatic rings. The summed E-state index contributed by atoms with van der Waals surface area (Å²) in [6.07, 6.45) is -4.32. The lowest BCUT2D eigenvalue weighted by molar-refractivity contribution is -0.175. The summed E-state index contributed by atoms with van der Waals surface area (Å²) in [5.41, 5.74) is -0.725. The number of ketones is 1. The molecule has 0 radical (unpaired) electrons. The van der Waals surface area contributed by atoms with Gasteiger partial charge >= 0.3 is 6.18 Å². The van der Waals surface area contributed by atoms with E-state index in [-0.39, 0.29) is 24.8 Å². The molecular weight excluding hydrogens is 415 g/mol. The first-order valence-corrected chi connectivity index (χ1v) is 10.5. The number of nitrogens with zero attached hydrogens (tertiary/aromatic N) is 1. The van der Waals surface area contributed by atoms with Crippen LogP contribution >= 0.6 is 0 Å². The van der Waals surface area contributed by atoms with Gasteiger partial charge in [-0.25, -0.2) is 0 Å². The number of hydrogen-bond donors (Lipinski definition) is 2. The largest absolute Gasteiger partial charge is 0.452 e. The molecule has 0 spiro atoms. The van der Waals surface area contributed by atoms with Crippen molar-refractivity contribution in [3.8, 4) is 0 Å². The quantitative estimate of drug-likeness (QED) is 0.624. The first kappa shape index (κ1) is 26.9. The second kappa shape index (κ2) is 9.99. The molecule has 0 aliphatic carbocycles. The lowest BCUT2D eigenvalue weighted by Gasteiger charge is -2.33. The van der Waals surface area contributed by atoms with Crippen LogP contribution in [0.1, 0.15) is 61.3 Å². The number of carbonyl (C=O) groups is 4. The smallest absolute Gasteiger partial charge is 0.344 e. The molecule has 10 heteroatoms. The maximum absolute atomic E-state index is 13.2. The fourth-order valence-electron chi connectivity index (χ4n) is 3.31. The van der Waals surface area contributed by atoms with Crippen molar-refractivity contribution >= 4 is 23.5 Å². The first-order chi connectivity index (χ1) is 14.0. The fourth-order valence-corrected chi connectivity index (χ4v) is 3.31. The van der Waals surface area contributed by atoms with Crippen LogP contribution in [0.15, 0.2) is 0 Å². The lowest BCUT2D eigenvalue weighted by Crippen LogP contribution is -2.58. The third-order valence-corrected chi connectivity index (χ3v) is 5.27. The minimum atomic E-state index is -5.08. The van der Waals surface area contributed by atoms with E-state index in [1.807, 2.05) is 0 Å². The molecule has 3 atom stereocenters. The number of likely N-dealkylation sites (tertiary alicyclic amines) is 1. The van der Waals surface area contributed by atoms with Crippen molar-refractivity contribution in [1.82, 2.24) is 15.5 Å². The molecule has 1 rings (SSSR count). The first-order valence-electron chi connectivity index (χ1n) is 10.5. The second-order valence-electron chi connectivity index (χ2n) is 9.73. The number of rotatable bonds is 7. The van der Waals surface area contributed by atoms with Crippen LogP contribution in [0.4, 0.5) is 13.2 Å². The number of amides is 3. The van der Waals surface area contributed by atoms with E-state index >= 15 is 0 Å². The molecule has 2 N–H and O–H groups in total. The number of halogens is 3. The number of hydrogen-bond acceptors (Lipinski definition) is 4. The van der Waals surface area contributed by atoms with Crippen LogP contribution < -0.4 is 10.6 Å². The highest BCUT2D eigenvalue weighted by Gasteiger charge is 2.46. The third-order valence-electron chi connectivity index (χ3n) is 5.27. The molecule has 1 aliphatic heterocycles. The van der Waals surface area contributed by atoms with Crippen LogP contribution in [0.3, 0.4) is 0 Å². The number of Topliss-reactive ketones (excluding diaryl/α,β-unsaturated/α-hetero) is 1. The zero-order valence-corrected chi connectivity index (χ0v) is 19.2. The standard InChI is InChI=1S/C21H34F3N3O4/c1-11(2)14(16(28)21(22,23)24)25-17(29)13-9-8-10-27(13)18(30)15(12(3)4)26-19(31)20(5,6)7/h11-15H,8-10H2,1-7H3,(H,25,29)(H,26,31)/t13-,14?,15?/m0/s1. The van der Waals surface area contributed by atoms with Crippen molar-refractivity contribution in [3.05, 3.63) is 0 Å². The van der Waals surface area contributed by atoms with E-state index in [9.17, 15) is 32.3 Å². The molecule has 7 nitrogen and oxygen atoms in total. The maximum atomic E-state index is 13.2. The van der Waals surface area contributed by atoms with Gasteiger partial charge in [0.1, 0.15) is 12.1 Å². The van der Waals surface area contributed by atoms with Gasteiger partial charge in [0.25, 0.3) is 5.78 Å². The minimum Gasteiger partial charge on any atom is -0.344 e. The van der Waals surface area contributed by atoms with Crippen LogP contribution in [0.25, 0.3) is 0 Å². The Morgan fingerprint density at radius 2 is 1.42 bits per heavy atom. The molecule has 1 aliphatic rings. The zero-order chi connectivity index (χ0) is 24.3. The molecule has 178 valence electrons. The molecule has 0 aromatic heterocycles. The minimum absolute atomic E-state index is 0.241. The molecule has 0 aromatic carbocycles. The normalized spacial score (nSPS) is 19.4. The third kappa shape index (κ3) is 6.93. The molecule has 3 amide bonds. The highest BCUT2D eigenvalue weighted by molar-refractivity contribution is 5.96. The van der Waals surface area contributed by atoms with E-state index in [2.05, 4.69) is 10.6 Å². The highest BCUT2D eigenvalue weighted by Crippen LogP contribution is 2.24. The average molecular weight is 450 g/mol. The summed E-state index contributed by atoms with van der Waals surface area (Å²) in [6.45, 7) is 11.7. The molecule has 2 unspecified atom stereocenters. The molecule has 31 heavy (non-hydrogen) atoms. The van der Waals surface area contributed by atoms with Gasteiger partial charge in [-0.1, -0.05) is 48.5 Å². The summed E-state index contributed by atoms with van der Waals surface area (Å²) >= 11 is 0. The van der Waals surface area contributed by atoms with Gasteiger partial charge in [-0.05, 0) is 24.7 Å². The van der Waals surface area contributed by atoms with E-state index < -0.39 is 53.2 Å². The Balaban J connectivity index is 3.03. The molecule has 1 saturated heterocycles. The maximum Gasteiger partial charge on any atom is 0.452 e. The summed E-state index contributed by atoms with van der Waals surface area (Å²) in [5.74, 6) is -4.66. The van der Waals surface area contributed by atoms with E-state index in [0.29, 0.717) is 6.42 Å². The second-order valence-corrected chi connectivity index (χ2v) is 9.73. The monoisotopic (exact) mass is 449 g/mol. The SMILES string of the molecule is CC(C)C(NC(=O)C(C)(C)C)C(=O)N1CCC[C@H]1C(=O)NC(C(=O)C(F)(F)F)C(C)C. The van der Waals surface area contributed by atoms with Gasteiger partial charge in [0, 0.05) is 12.0 Å². The van der Waals surface area contributed by atoms with Crippen LogP contribution in [-0.4, -0.2) is 59.3 Å². The Hall–Kier alpha value is -2.13. The van der Waals surface area contributed by atoms with Gasteiger partial charge in [-0.3, -0.25) is 19.2 Å².